The highest BCUT2D eigenvalue weighted by atomic mass is 16.6. The highest BCUT2D eigenvalue weighted by Gasteiger charge is 2.20. The molecule has 0 saturated heterocycles. The van der Waals surface area contributed by atoms with Gasteiger partial charge in [0.05, 0.1) is 4.92 Å². The van der Waals surface area contributed by atoms with Crippen LogP contribution in [0, 0.1) is 10.1 Å². The van der Waals surface area contributed by atoms with Crippen LogP contribution in [0.1, 0.15) is 6.92 Å². The molecule has 0 aliphatic carbocycles. The van der Waals surface area contributed by atoms with Gasteiger partial charge in [0.2, 0.25) is 11.7 Å². The molecule has 0 radical (unpaired) electrons. The first-order valence-corrected chi connectivity index (χ1v) is 3.27. The van der Waals surface area contributed by atoms with Crippen LogP contribution < -0.4 is 11.2 Å². The number of carbonyl (C=O) groups excluding carboxylic acids is 1. The first-order chi connectivity index (χ1) is 6.02. The average molecular weight is 185 g/mol. The van der Waals surface area contributed by atoms with Gasteiger partial charge in [0.15, 0.2) is 0 Å². The molecule has 70 valence electrons. The minimum atomic E-state index is -0.679. The third-order valence-electron chi connectivity index (χ3n) is 1.27. The number of rotatable bonds is 2. The summed E-state index contributed by atoms with van der Waals surface area (Å²) in [5.74, 6) is 4.64. The Hall–Kier alpha value is -2.12. The number of nitrogens with two attached hydrogens (primary N) is 1. The Labute approximate surface area is 72.4 Å². The van der Waals surface area contributed by atoms with Crippen molar-refractivity contribution in [1.29, 1.82) is 0 Å². The average Bonchev–Trinajstić information content (AvgIpc) is 2.32. The molecule has 0 aromatic carbocycles. The summed E-state index contributed by atoms with van der Waals surface area (Å²) in [4.78, 5) is 21.0. The summed E-state index contributed by atoms with van der Waals surface area (Å²) in [6, 6.07) is 0. The molecule has 1 amide bonds. The van der Waals surface area contributed by atoms with Crippen LogP contribution in [-0.2, 0) is 4.79 Å². The highest BCUT2D eigenvalue weighted by Crippen LogP contribution is 2.21. The van der Waals surface area contributed by atoms with E-state index in [9.17, 15) is 14.9 Å². The van der Waals surface area contributed by atoms with Crippen molar-refractivity contribution in [3.63, 3.8) is 0 Å². The van der Waals surface area contributed by atoms with Crippen molar-refractivity contribution in [2.75, 3.05) is 11.2 Å². The lowest BCUT2D eigenvalue weighted by atomic mass is 10.5. The summed E-state index contributed by atoms with van der Waals surface area (Å²) in [5.41, 5.74) is -0.335. The molecule has 0 saturated carbocycles. The Morgan fingerprint density at radius 2 is 2.46 bits per heavy atom. The van der Waals surface area contributed by atoms with Crippen LogP contribution in [0.25, 0.3) is 0 Å². The quantitative estimate of drug-likeness (QED) is 0.364. The van der Waals surface area contributed by atoms with Crippen molar-refractivity contribution in [3.05, 3.63) is 16.3 Å². The number of aromatic nitrogens is 2. The van der Waals surface area contributed by atoms with Gasteiger partial charge >= 0.3 is 5.69 Å². The smallest absolute Gasteiger partial charge is 0.321 e. The number of anilines is 1. The summed E-state index contributed by atoms with van der Waals surface area (Å²) in [6.07, 6.45) is 0.964. The van der Waals surface area contributed by atoms with Crippen molar-refractivity contribution in [3.8, 4) is 0 Å². The van der Waals surface area contributed by atoms with Gasteiger partial charge in [-0.05, 0) is 0 Å². The molecule has 0 aliphatic rings. The molecule has 1 heterocycles. The lowest BCUT2D eigenvalue weighted by Gasteiger charge is -1.99. The molecule has 8 nitrogen and oxygen atoms in total. The number of hydrogen-bond donors (Lipinski definition) is 2. The van der Waals surface area contributed by atoms with Crippen molar-refractivity contribution in [2.45, 2.75) is 6.92 Å². The van der Waals surface area contributed by atoms with E-state index in [0.717, 1.165) is 11.0 Å². The van der Waals surface area contributed by atoms with Gasteiger partial charge in [-0.3, -0.25) is 14.9 Å². The molecule has 13 heavy (non-hydrogen) atoms. The van der Waals surface area contributed by atoms with E-state index >= 15 is 0 Å². The van der Waals surface area contributed by atoms with Gasteiger partial charge in [-0.25, -0.2) is 0 Å². The number of nitrogens with zero attached hydrogens (tertiary/aromatic N) is 3. The number of nitrogens with one attached hydrogen (secondary N) is 1. The fourth-order valence-electron chi connectivity index (χ4n) is 0.775. The van der Waals surface area contributed by atoms with E-state index in [-0.39, 0.29) is 11.5 Å². The summed E-state index contributed by atoms with van der Waals surface area (Å²) in [7, 11) is 0. The Bertz CT molecular complexity index is 357. The molecule has 1 aromatic heterocycles. The zero-order valence-electron chi connectivity index (χ0n) is 6.72. The zero-order valence-corrected chi connectivity index (χ0v) is 6.72. The van der Waals surface area contributed by atoms with Gasteiger partial charge in [0, 0.05) is 6.92 Å². The summed E-state index contributed by atoms with van der Waals surface area (Å²) < 4.78 is 0. The molecular formula is C5H7N5O3. The Morgan fingerprint density at radius 1 is 1.85 bits per heavy atom. The van der Waals surface area contributed by atoms with E-state index in [0.29, 0.717) is 0 Å². The van der Waals surface area contributed by atoms with Gasteiger partial charge in [-0.1, -0.05) is 0 Å². The van der Waals surface area contributed by atoms with Crippen LogP contribution in [-0.4, -0.2) is 20.7 Å². The van der Waals surface area contributed by atoms with Crippen molar-refractivity contribution < 1.29 is 9.72 Å². The van der Waals surface area contributed by atoms with Crippen LogP contribution in [0.2, 0.25) is 0 Å². The minimum absolute atomic E-state index is 0.127. The monoisotopic (exact) mass is 185 g/mol. The maximum atomic E-state index is 10.6. The van der Waals surface area contributed by atoms with E-state index in [1.54, 1.807) is 0 Å². The third-order valence-corrected chi connectivity index (χ3v) is 1.27. The number of nitrogen functional groups attached to an aromatic ring is 1. The Morgan fingerprint density at radius 3 is 2.92 bits per heavy atom. The van der Waals surface area contributed by atoms with E-state index < -0.39 is 10.8 Å². The van der Waals surface area contributed by atoms with Gasteiger partial charge in [-0.2, -0.15) is 9.89 Å². The van der Waals surface area contributed by atoms with Crippen LogP contribution in [0.15, 0.2) is 6.20 Å². The second-order valence-corrected chi connectivity index (χ2v) is 2.26. The molecule has 0 aliphatic heterocycles. The molecule has 1 aromatic rings. The second-order valence-electron chi connectivity index (χ2n) is 2.26. The molecule has 0 spiro atoms. The zero-order chi connectivity index (χ0) is 10.0. The van der Waals surface area contributed by atoms with Crippen LogP contribution in [0.5, 0.6) is 0 Å². The van der Waals surface area contributed by atoms with Crippen molar-refractivity contribution in [2.24, 2.45) is 0 Å². The molecule has 8 heteroatoms. The molecule has 0 unspecified atom stereocenters. The number of hydrogen-bond acceptors (Lipinski definition) is 5. The van der Waals surface area contributed by atoms with Gasteiger partial charge < -0.3 is 11.2 Å². The molecule has 1 rings (SSSR count). The maximum Gasteiger partial charge on any atom is 0.333 e. The fourth-order valence-corrected chi connectivity index (χ4v) is 0.775. The van der Waals surface area contributed by atoms with Crippen LogP contribution in [0.3, 0.4) is 0 Å². The molecule has 0 atom stereocenters. The molecule has 3 N–H and O–H groups in total. The van der Waals surface area contributed by atoms with Crippen molar-refractivity contribution in [1.82, 2.24) is 9.89 Å². The lowest BCUT2D eigenvalue weighted by Crippen LogP contribution is -2.18. The van der Waals surface area contributed by atoms with E-state index in [1.807, 2.05) is 0 Å². The van der Waals surface area contributed by atoms with E-state index in [4.69, 9.17) is 5.84 Å². The predicted octanol–water partition coefficient (Wildman–Crippen LogP) is -0.537. The lowest BCUT2D eigenvalue weighted by molar-refractivity contribution is -0.384. The number of carbonyl (C=O) groups is 1. The molecule has 0 bridgehead atoms. The predicted molar refractivity (Wildman–Crippen MR) is 43.3 cm³/mol. The van der Waals surface area contributed by atoms with E-state index in [1.165, 1.54) is 6.92 Å². The summed E-state index contributed by atoms with van der Waals surface area (Å²) in [6.45, 7) is 1.22. The normalized spacial score (nSPS) is 9.62. The molecular weight excluding hydrogens is 178 g/mol. The molecule has 0 fully saturated rings. The van der Waals surface area contributed by atoms with Crippen molar-refractivity contribution >= 4 is 17.4 Å². The standard InChI is InChI=1S/C5H7N5O3/c1-3(11)8-5-4(10(12)13)2-7-9(5)6/h2H,6H2,1H3,(H,8,11). The van der Waals surface area contributed by atoms with Gasteiger partial charge in [0.25, 0.3) is 0 Å². The topological polar surface area (TPSA) is 116 Å². The third kappa shape index (κ3) is 1.72. The van der Waals surface area contributed by atoms with Crippen LogP contribution in [0.4, 0.5) is 11.5 Å². The van der Waals surface area contributed by atoms with Gasteiger partial charge in [0.1, 0.15) is 6.20 Å². The van der Waals surface area contributed by atoms with Gasteiger partial charge in [-0.15, -0.1) is 0 Å². The Balaban J connectivity index is 3.08. The largest absolute Gasteiger partial charge is 0.333 e. The minimum Gasteiger partial charge on any atom is -0.321 e. The number of nitro groups is 1. The maximum absolute atomic E-state index is 10.6. The Kier molecular flexibility index (Phi) is 2.13. The SMILES string of the molecule is CC(=O)Nc1c([N+](=O)[O-])cnn1N. The second kappa shape index (κ2) is 3.09. The summed E-state index contributed by atoms with van der Waals surface area (Å²) in [5, 5.41) is 16.0. The van der Waals surface area contributed by atoms with E-state index in [2.05, 4.69) is 10.4 Å². The first-order valence-electron chi connectivity index (χ1n) is 3.27. The highest BCUT2D eigenvalue weighted by molar-refractivity contribution is 5.89. The summed E-state index contributed by atoms with van der Waals surface area (Å²) >= 11 is 0. The number of amides is 1. The first kappa shape index (κ1) is 8.97. The van der Waals surface area contributed by atoms with Crippen LogP contribution >= 0.6 is 0 Å². The fraction of sp³-hybridized carbons (Fsp3) is 0.200.